The van der Waals surface area contributed by atoms with Crippen LogP contribution in [-0.2, 0) is 6.54 Å². The number of hydrogen-bond acceptors (Lipinski definition) is 2. The predicted octanol–water partition coefficient (Wildman–Crippen LogP) is 3.24. The van der Waals surface area contributed by atoms with Crippen LogP contribution in [0.4, 0.5) is 5.69 Å². The highest BCUT2D eigenvalue weighted by Crippen LogP contribution is 2.18. The Morgan fingerprint density at radius 3 is 2.45 bits per heavy atom. The van der Waals surface area contributed by atoms with Gasteiger partial charge in [0.2, 0.25) is 0 Å². The van der Waals surface area contributed by atoms with Gasteiger partial charge in [0, 0.05) is 24.3 Å². The van der Waals surface area contributed by atoms with Crippen LogP contribution < -0.4 is 5.73 Å². The molecule has 0 atom stereocenters. The van der Waals surface area contributed by atoms with Crippen molar-refractivity contribution in [3.63, 3.8) is 0 Å². The Kier molecular flexibility index (Phi) is 4.41. The fourth-order valence-corrected chi connectivity index (χ4v) is 2.19. The van der Waals surface area contributed by atoms with Crippen molar-refractivity contribution in [3.8, 4) is 0 Å². The van der Waals surface area contributed by atoms with Gasteiger partial charge in [-0.15, -0.1) is 0 Å². The van der Waals surface area contributed by atoms with E-state index in [9.17, 15) is 4.79 Å². The Morgan fingerprint density at radius 2 is 1.80 bits per heavy atom. The lowest BCUT2D eigenvalue weighted by molar-refractivity contribution is 0.0752. The van der Waals surface area contributed by atoms with E-state index in [0.717, 1.165) is 11.1 Å². The Bertz CT molecular complexity index is 593. The van der Waals surface area contributed by atoms with Gasteiger partial charge >= 0.3 is 0 Å². The van der Waals surface area contributed by atoms with Crippen LogP contribution in [0, 0.1) is 6.92 Å². The first-order valence-corrected chi connectivity index (χ1v) is 6.81. The van der Waals surface area contributed by atoms with Crippen LogP contribution in [0.15, 0.2) is 48.5 Å². The molecule has 0 heterocycles. The summed E-state index contributed by atoms with van der Waals surface area (Å²) in [5, 5.41) is 0. The van der Waals surface area contributed by atoms with Gasteiger partial charge in [0.05, 0.1) is 0 Å². The largest absolute Gasteiger partial charge is 0.398 e. The molecule has 20 heavy (non-hydrogen) atoms. The van der Waals surface area contributed by atoms with Gasteiger partial charge in [-0.25, -0.2) is 0 Å². The second kappa shape index (κ2) is 6.24. The molecule has 104 valence electrons. The molecule has 0 aromatic heterocycles. The molecule has 0 bridgehead atoms. The summed E-state index contributed by atoms with van der Waals surface area (Å²) in [4.78, 5) is 14.5. The van der Waals surface area contributed by atoms with Crippen molar-refractivity contribution in [2.45, 2.75) is 20.4 Å². The number of nitrogen functional groups attached to an aromatic ring is 1. The molecule has 0 saturated heterocycles. The molecular weight excluding hydrogens is 248 g/mol. The van der Waals surface area contributed by atoms with Crippen molar-refractivity contribution in [2.24, 2.45) is 0 Å². The lowest BCUT2D eigenvalue weighted by Crippen LogP contribution is -2.30. The molecule has 0 radical (unpaired) electrons. The zero-order chi connectivity index (χ0) is 14.5. The maximum Gasteiger partial charge on any atom is 0.254 e. The van der Waals surface area contributed by atoms with Gasteiger partial charge in [0.15, 0.2) is 0 Å². The third-order valence-electron chi connectivity index (χ3n) is 3.49. The van der Waals surface area contributed by atoms with E-state index in [2.05, 4.69) is 0 Å². The van der Waals surface area contributed by atoms with Crippen molar-refractivity contribution >= 4 is 11.6 Å². The van der Waals surface area contributed by atoms with Crippen molar-refractivity contribution in [1.29, 1.82) is 0 Å². The number of hydrogen-bond donors (Lipinski definition) is 1. The van der Waals surface area contributed by atoms with Gasteiger partial charge < -0.3 is 10.6 Å². The highest BCUT2D eigenvalue weighted by atomic mass is 16.2. The van der Waals surface area contributed by atoms with Crippen molar-refractivity contribution in [1.82, 2.24) is 4.90 Å². The van der Waals surface area contributed by atoms with E-state index in [4.69, 9.17) is 5.73 Å². The van der Waals surface area contributed by atoms with E-state index < -0.39 is 0 Å². The monoisotopic (exact) mass is 268 g/mol. The maximum atomic E-state index is 12.6. The molecule has 2 aromatic carbocycles. The van der Waals surface area contributed by atoms with E-state index >= 15 is 0 Å². The van der Waals surface area contributed by atoms with Gasteiger partial charge in [-0.05, 0) is 37.1 Å². The van der Waals surface area contributed by atoms with Gasteiger partial charge in [0.1, 0.15) is 0 Å². The van der Waals surface area contributed by atoms with Crippen molar-refractivity contribution in [3.05, 3.63) is 65.2 Å². The summed E-state index contributed by atoms with van der Waals surface area (Å²) in [5.74, 6) is 0.0288. The Hall–Kier alpha value is -2.29. The molecule has 3 heteroatoms. The normalized spacial score (nSPS) is 10.3. The molecular formula is C17H20N2O. The first-order chi connectivity index (χ1) is 9.63. The smallest absolute Gasteiger partial charge is 0.254 e. The summed E-state index contributed by atoms with van der Waals surface area (Å²) in [6.45, 7) is 5.16. The van der Waals surface area contributed by atoms with Gasteiger partial charge in [-0.1, -0.05) is 36.4 Å². The number of nitrogens with two attached hydrogens (primary N) is 1. The Morgan fingerprint density at radius 1 is 1.10 bits per heavy atom. The van der Waals surface area contributed by atoms with E-state index in [0.29, 0.717) is 24.3 Å². The van der Waals surface area contributed by atoms with E-state index in [-0.39, 0.29) is 5.91 Å². The highest BCUT2D eigenvalue weighted by molar-refractivity contribution is 5.96. The summed E-state index contributed by atoms with van der Waals surface area (Å²) in [7, 11) is 0. The summed E-state index contributed by atoms with van der Waals surface area (Å²) in [6, 6.07) is 15.5. The summed E-state index contributed by atoms with van der Waals surface area (Å²) < 4.78 is 0. The molecule has 1 amide bonds. The number of rotatable bonds is 4. The van der Waals surface area contributed by atoms with Crippen molar-refractivity contribution < 1.29 is 4.79 Å². The van der Waals surface area contributed by atoms with E-state index in [1.54, 1.807) is 0 Å². The Labute approximate surface area is 120 Å². The standard InChI is InChI=1S/C17H20N2O/c1-3-19(12-14-8-5-4-6-9-14)17(20)15-10-7-11-16(18)13(15)2/h4-11H,3,12,18H2,1-2H3. The summed E-state index contributed by atoms with van der Waals surface area (Å²) in [5.41, 5.74) is 9.20. The number of nitrogens with zero attached hydrogens (tertiary/aromatic N) is 1. The SMILES string of the molecule is CCN(Cc1ccccc1)C(=O)c1cccc(N)c1C. The molecule has 2 N–H and O–H groups in total. The third-order valence-corrected chi connectivity index (χ3v) is 3.49. The lowest BCUT2D eigenvalue weighted by Gasteiger charge is -2.22. The highest BCUT2D eigenvalue weighted by Gasteiger charge is 2.17. The molecule has 0 spiro atoms. The summed E-state index contributed by atoms with van der Waals surface area (Å²) >= 11 is 0. The third kappa shape index (κ3) is 2.99. The zero-order valence-electron chi connectivity index (χ0n) is 12.0. The topological polar surface area (TPSA) is 46.3 Å². The van der Waals surface area contributed by atoms with Crippen molar-refractivity contribution in [2.75, 3.05) is 12.3 Å². The molecule has 0 aliphatic heterocycles. The number of carbonyl (C=O) groups excluding carboxylic acids is 1. The van der Waals surface area contributed by atoms with Gasteiger partial charge in [-0.2, -0.15) is 0 Å². The number of anilines is 1. The first kappa shape index (κ1) is 14.1. The molecule has 3 nitrogen and oxygen atoms in total. The summed E-state index contributed by atoms with van der Waals surface area (Å²) in [6.07, 6.45) is 0. The van der Waals surface area contributed by atoms with E-state index in [1.807, 2.05) is 67.3 Å². The van der Waals surface area contributed by atoms with Crippen LogP contribution in [0.25, 0.3) is 0 Å². The minimum Gasteiger partial charge on any atom is -0.398 e. The minimum absolute atomic E-state index is 0.0288. The van der Waals surface area contributed by atoms with Crippen LogP contribution in [0.5, 0.6) is 0 Å². The second-order valence-electron chi connectivity index (χ2n) is 4.82. The Balaban J connectivity index is 2.23. The molecule has 0 fully saturated rings. The quantitative estimate of drug-likeness (QED) is 0.865. The molecule has 0 aliphatic carbocycles. The average molecular weight is 268 g/mol. The molecule has 0 saturated carbocycles. The molecule has 0 unspecified atom stereocenters. The molecule has 0 aliphatic rings. The average Bonchev–Trinajstić information content (AvgIpc) is 2.48. The minimum atomic E-state index is 0.0288. The molecule has 2 aromatic rings. The van der Waals surface area contributed by atoms with Crippen LogP contribution in [0.1, 0.15) is 28.4 Å². The molecule has 2 rings (SSSR count). The van der Waals surface area contributed by atoms with Crippen LogP contribution >= 0.6 is 0 Å². The zero-order valence-corrected chi connectivity index (χ0v) is 12.0. The maximum absolute atomic E-state index is 12.6. The van der Waals surface area contributed by atoms with Crippen LogP contribution in [0.3, 0.4) is 0 Å². The fraction of sp³-hybridized carbons (Fsp3) is 0.235. The van der Waals surface area contributed by atoms with Crippen LogP contribution in [0.2, 0.25) is 0 Å². The van der Waals surface area contributed by atoms with Gasteiger partial charge in [0.25, 0.3) is 5.91 Å². The van der Waals surface area contributed by atoms with Gasteiger partial charge in [-0.3, -0.25) is 4.79 Å². The number of carbonyl (C=O) groups is 1. The van der Waals surface area contributed by atoms with Crippen LogP contribution in [-0.4, -0.2) is 17.4 Å². The number of benzene rings is 2. The van der Waals surface area contributed by atoms with E-state index in [1.165, 1.54) is 0 Å². The predicted molar refractivity (Wildman–Crippen MR) is 82.4 cm³/mol. The first-order valence-electron chi connectivity index (χ1n) is 6.81. The number of amides is 1. The second-order valence-corrected chi connectivity index (χ2v) is 4.82. The fourth-order valence-electron chi connectivity index (χ4n) is 2.19. The lowest BCUT2D eigenvalue weighted by atomic mass is 10.1.